The molecule has 1 heterocycles. The Hall–Kier alpha value is -1.68. The summed E-state index contributed by atoms with van der Waals surface area (Å²) in [5, 5.41) is 10.2. The number of carbonyl (C=O) groups is 2. The van der Waals surface area contributed by atoms with Crippen molar-refractivity contribution in [1.82, 2.24) is 4.90 Å². The first-order chi connectivity index (χ1) is 9.65. The third-order valence-electron chi connectivity index (χ3n) is 3.86. The molecular weight excluding hydrogens is 254 g/mol. The molecule has 2 rings (SSSR count). The first kappa shape index (κ1) is 14.7. The lowest BCUT2D eigenvalue weighted by atomic mass is 9.95. The second-order valence-electron chi connectivity index (χ2n) is 5.18. The summed E-state index contributed by atoms with van der Waals surface area (Å²) in [6, 6.07) is 8.50. The second kappa shape index (κ2) is 6.66. The van der Waals surface area contributed by atoms with Crippen LogP contribution in [0.15, 0.2) is 30.3 Å². The molecule has 0 saturated carbocycles. The van der Waals surface area contributed by atoms with Crippen molar-refractivity contribution in [3.8, 4) is 0 Å². The molecule has 1 fully saturated rings. The molecule has 1 amide bonds. The number of aliphatic hydroxyl groups is 1. The summed E-state index contributed by atoms with van der Waals surface area (Å²) in [6.07, 6.45) is 1.81. The van der Waals surface area contributed by atoms with E-state index in [9.17, 15) is 14.7 Å². The van der Waals surface area contributed by atoms with Gasteiger partial charge in [-0.05, 0) is 24.8 Å². The Morgan fingerprint density at radius 1 is 1.30 bits per heavy atom. The normalized spacial score (nSPS) is 20.5. The van der Waals surface area contributed by atoms with E-state index >= 15 is 0 Å². The minimum absolute atomic E-state index is 0.0818. The van der Waals surface area contributed by atoms with Crippen LogP contribution < -0.4 is 0 Å². The molecule has 1 aliphatic rings. The van der Waals surface area contributed by atoms with Gasteiger partial charge >= 0.3 is 0 Å². The molecule has 1 N–H and O–H groups in total. The van der Waals surface area contributed by atoms with Gasteiger partial charge in [0.2, 0.25) is 0 Å². The Labute approximate surface area is 119 Å². The number of Topliss-reactive ketones (excluding diaryl/α,β-unsaturated/α-hetero) is 1. The fraction of sp³-hybridized carbons (Fsp3) is 0.500. The van der Waals surface area contributed by atoms with Gasteiger partial charge in [-0.2, -0.15) is 0 Å². The van der Waals surface area contributed by atoms with Crippen molar-refractivity contribution >= 4 is 11.7 Å². The number of hydrogen-bond acceptors (Lipinski definition) is 3. The van der Waals surface area contributed by atoms with Crippen LogP contribution in [-0.4, -0.2) is 34.3 Å². The van der Waals surface area contributed by atoms with Gasteiger partial charge in [0, 0.05) is 13.0 Å². The summed E-state index contributed by atoms with van der Waals surface area (Å²) in [6.45, 7) is 2.37. The van der Waals surface area contributed by atoms with Gasteiger partial charge in [-0.1, -0.05) is 37.3 Å². The highest BCUT2D eigenvalue weighted by Gasteiger charge is 2.34. The Morgan fingerprint density at radius 2 is 2.00 bits per heavy atom. The fourth-order valence-corrected chi connectivity index (χ4v) is 2.70. The van der Waals surface area contributed by atoms with Crippen LogP contribution in [0.4, 0.5) is 0 Å². The highest BCUT2D eigenvalue weighted by Crippen LogP contribution is 2.24. The van der Waals surface area contributed by atoms with Crippen molar-refractivity contribution in [3.05, 3.63) is 35.9 Å². The summed E-state index contributed by atoms with van der Waals surface area (Å²) in [5.41, 5.74) is 0.575. The predicted molar refractivity (Wildman–Crippen MR) is 76.1 cm³/mol. The van der Waals surface area contributed by atoms with E-state index in [0.29, 0.717) is 24.9 Å². The van der Waals surface area contributed by atoms with Crippen molar-refractivity contribution in [3.63, 3.8) is 0 Å². The van der Waals surface area contributed by atoms with Gasteiger partial charge in [-0.25, -0.2) is 0 Å². The summed E-state index contributed by atoms with van der Waals surface area (Å²) < 4.78 is 0. The van der Waals surface area contributed by atoms with E-state index in [0.717, 1.165) is 12.8 Å². The maximum atomic E-state index is 12.5. The smallest absolute Gasteiger partial charge is 0.256 e. The second-order valence-corrected chi connectivity index (χ2v) is 5.18. The number of piperidine rings is 1. The van der Waals surface area contributed by atoms with Gasteiger partial charge in [0.15, 0.2) is 11.9 Å². The molecule has 0 unspecified atom stereocenters. The molecule has 1 aromatic rings. The van der Waals surface area contributed by atoms with Crippen LogP contribution in [0.25, 0.3) is 0 Å². The number of benzene rings is 1. The molecule has 4 heteroatoms. The quantitative estimate of drug-likeness (QED) is 0.915. The molecule has 2 atom stereocenters. The van der Waals surface area contributed by atoms with Gasteiger partial charge in [0.05, 0.1) is 6.04 Å². The monoisotopic (exact) mass is 275 g/mol. The van der Waals surface area contributed by atoms with Gasteiger partial charge in [-0.3, -0.25) is 9.59 Å². The first-order valence-corrected chi connectivity index (χ1v) is 7.21. The molecular formula is C16H21NO3. The lowest BCUT2D eigenvalue weighted by Crippen LogP contribution is -2.49. The maximum Gasteiger partial charge on any atom is 0.256 e. The minimum Gasteiger partial charge on any atom is -0.378 e. The largest absolute Gasteiger partial charge is 0.378 e. The zero-order valence-corrected chi connectivity index (χ0v) is 11.8. The molecule has 0 radical (unpaired) electrons. The molecule has 1 aliphatic heterocycles. The van der Waals surface area contributed by atoms with Crippen LogP contribution in [0.5, 0.6) is 0 Å². The minimum atomic E-state index is -1.18. The van der Waals surface area contributed by atoms with Crippen molar-refractivity contribution < 1.29 is 14.7 Å². The number of carbonyl (C=O) groups excluding carboxylic acids is 2. The highest BCUT2D eigenvalue weighted by atomic mass is 16.3. The summed E-state index contributed by atoms with van der Waals surface area (Å²) in [7, 11) is 0. The van der Waals surface area contributed by atoms with E-state index in [1.54, 1.807) is 29.2 Å². The number of ketones is 1. The zero-order valence-electron chi connectivity index (χ0n) is 11.8. The van der Waals surface area contributed by atoms with E-state index in [2.05, 4.69) is 0 Å². The fourth-order valence-electron chi connectivity index (χ4n) is 2.70. The maximum absolute atomic E-state index is 12.5. The molecule has 0 bridgehead atoms. The van der Waals surface area contributed by atoms with Crippen LogP contribution >= 0.6 is 0 Å². The molecule has 108 valence electrons. The van der Waals surface area contributed by atoms with Gasteiger partial charge < -0.3 is 10.0 Å². The zero-order chi connectivity index (χ0) is 14.5. The Kier molecular flexibility index (Phi) is 4.90. The average molecular weight is 275 g/mol. The third-order valence-corrected chi connectivity index (χ3v) is 3.86. The summed E-state index contributed by atoms with van der Waals surface area (Å²) >= 11 is 0. The number of rotatable bonds is 4. The van der Waals surface area contributed by atoms with Crippen LogP contribution in [0.2, 0.25) is 0 Å². The van der Waals surface area contributed by atoms with Crippen molar-refractivity contribution in [2.45, 2.75) is 44.8 Å². The summed E-state index contributed by atoms with van der Waals surface area (Å²) in [4.78, 5) is 26.0. The number of nitrogens with zero attached hydrogens (tertiary/aromatic N) is 1. The van der Waals surface area contributed by atoms with Crippen molar-refractivity contribution in [2.24, 2.45) is 0 Å². The standard InChI is InChI=1S/C16H21NO3/c1-2-14(18)13-10-6-7-11-17(13)16(20)15(19)12-8-4-3-5-9-12/h3-5,8-9,13,15,19H,2,6-7,10-11H2,1H3/t13-,15+/m0/s1. The lowest BCUT2D eigenvalue weighted by molar-refractivity contribution is -0.148. The molecule has 0 aliphatic carbocycles. The SMILES string of the molecule is CCC(=O)[C@@H]1CCCCN1C(=O)[C@H](O)c1ccccc1. The van der Waals surface area contributed by atoms with E-state index in [-0.39, 0.29) is 17.7 Å². The number of hydrogen-bond donors (Lipinski definition) is 1. The van der Waals surface area contributed by atoms with Crippen LogP contribution in [0.1, 0.15) is 44.3 Å². The molecule has 0 aromatic heterocycles. The van der Waals surface area contributed by atoms with E-state index < -0.39 is 6.10 Å². The van der Waals surface area contributed by atoms with Crippen LogP contribution in [-0.2, 0) is 9.59 Å². The van der Waals surface area contributed by atoms with Crippen molar-refractivity contribution in [1.29, 1.82) is 0 Å². The van der Waals surface area contributed by atoms with Crippen LogP contribution in [0, 0.1) is 0 Å². The number of aliphatic hydroxyl groups excluding tert-OH is 1. The van der Waals surface area contributed by atoms with Gasteiger partial charge in [0.1, 0.15) is 0 Å². The number of likely N-dealkylation sites (tertiary alicyclic amines) is 1. The molecule has 20 heavy (non-hydrogen) atoms. The molecule has 1 aromatic carbocycles. The Balaban J connectivity index is 2.15. The number of amides is 1. The van der Waals surface area contributed by atoms with Crippen LogP contribution in [0.3, 0.4) is 0 Å². The predicted octanol–water partition coefficient (Wildman–Crippen LogP) is 2.08. The molecule has 0 spiro atoms. The van der Waals surface area contributed by atoms with E-state index in [1.807, 2.05) is 13.0 Å². The van der Waals surface area contributed by atoms with E-state index in [1.165, 1.54) is 0 Å². The van der Waals surface area contributed by atoms with Gasteiger partial charge in [0.25, 0.3) is 5.91 Å². The Morgan fingerprint density at radius 3 is 2.65 bits per heavy atom. The topological polar surface area (TPSA) is 57.6 Å². The first-order valence-electron chi connectivity index (χ1n) is 7.21. The average Bonchev–Trinajstić information content (AvgIpc) is 2.53. The molecule has 4 nitrogen and oxygen atoms in total. The van der Waals surface area contributed by atoms with Gasteiger partial charge in [-0.15, -0.1) is 0 Å². The summed E-state index contributed by atoms with van der Waals surface area (Å²) in [5.74, 6) is -0.277. The lowest BCUT2D eigenvalue weighted by Gasteiger charge is -2.36. The highest BCUT2D eigenvalue weighted by molar-refractivity contribution is 5.91. The Bertz CT molecular complexity index is 472. The third kappa shape index (κ3) is 3.07. The molecule has 1 saturated heterocycles. The van der Waals surface area contributed by atoms with E-state index in [4.69, 9.17) is 0 Å². The van der Waals surface area contributed by atoms with Crippen molar-refractivity contribution in [2.75, 3.05) is 6.54 Å².